The number of hydrogen-bond donors (Lipinski definition) is 3. The van der Waals surface area contributed by atoms with Gasteiger partial charge < -0.3 is 10.1 Å². The quantitative estimate of drug-likeness (QED) is 0.527. The molecule has 1 atom stereocenters. The number of ether oxygens (including phenoxy) is 1. The second kappa shape index (κ2) is 5.13. The molecular weight excluding hydrogens is 314 g/mol. The summed E-state index contributed by atoms with van der Waals surface area (Å²) in [5.74, 6) is 0.906. The Labute approximate surface area is 134 Å². The van der Waals surface area contributed by atoms with Crippen LogP contribution in [0.15, 0.2) is 45.3 Å². The first-order valence-corrected chi connectivity index (χ1v) is 7.90. The van der Waals surface area contributed by atoms with Crippen LogP contribution in [0.3, 0.4) is 0 Å². The van der Waals surface area contributed by atoms with Gasteiger partial charge in [-0.05, 0) is 35.2 Å². The molecule has 2 aromatic heterocycles. The highest BCUT2D eigenvalue weighted by molar-refractivity contribution is 7.10. The maximum Gasteiger partial charge on any atom is 0.327 e. The van der Waals surface area contributed by atoms with Gasteiger partial charge in [0.1, 0.15) is 11.6 Å². The summed E-state index contributed by atoms with van der Waals surface area (Å²) in [6.45, 7) is 0. The number of anilines is 2. The van der Waals surface area contributed by atoms with Gasteiger partial charge >= 0.3 is 5.69 Å². The third kappa shape index (κ3) is 2.17. The molecule has 0 aliphatic carbocycles. The molecule has 1 aliphatic heterocycles. The van der Waals surface area contributed by atoms with Crippen LogP contribution in [0.4, 0.5) is 11.5 Å². The predicted molar refractivity (Wildman–Crippen MR) is 89.2 cm³/mol. The standard InChI is InChI=1S/C16H13N3O3S/c1-22-8-4-5-10-9(7-8)12(11-3-2-6-23-11)13-14(17-10)18-16(21)19-15(13)20/h2-7,12H,1H3,(H3,17,18,19,20,21). The Morgan fingerprint density at radius 1 is 1.17 bits per heavy atom. The highest BCUT2D eigenvalue weighted by Crippen LogP contribution is 2.44. The van der Waals surface area contributed by atoms with Crippen LogP contribution in [0.1, 0.15) is 21.9 Å². The summed E-state index contributed by atoms with van der Waals surface area (Å²) in [5, 5.41) is 5.11. The van der Waals surface area contributed by atoms with Crippen molar-refractivity contribution in [3.63, 3.8) is 0 Å². The number of hydrogen-bond acceptors (Lipinski definition) is 5. The molecule has 3 aromatic rings. The van der Waals surface area contributed by atoms with Crippen LogP contribution in [0.2, 0.25) is 0 Å². The van der Waals surface area contributed by atoms with Gasteiger partial charge in [0, 0.05) is 10.6 Å². The van der Waals surface area contributed by atoms with E-state index in [4.69, 9.17) is 4.74 Å². The Morgan fingerprint density at radius 3 is 2.78 bits per heavy atom. The second-order valence-corrected chi connectivity index (χ2v) is 6.20. The molecule has 0 saturated heterocycles. The topological polar surface area (TPSA) is 87.0 Å². The Kier molecular flexibility index (Phi) is 3.09. The molecule has 4 rings (SSSR count). The average Bonchev–Trinajstić information content (AvgIpc) is 3.06. The molecule has 6 nitrogen and oxygen atoms in total. The fourth-order valence-electron chi connectivity index (χ4n) is 2.93. The average molecular weight is 327 g/mol. The molecule has 0 spiro atoms. The van der Waals surface area contributed by atoms with Crippen molar-refractivity contribution in [2.45, 2.75) is 5.92 Å². The van der Waals surface area contributed by atoms with Crippen molar-refractivity contribution in [3.8, 4) is 5.75 Å². The third-order valence-corrected chi connectivity index (χ3v) is 4.86. The van der Waals surface area contributed by atoms with Gasteiger partial charge in [-0.3, -0.25) is 14.8 Å². The van der Waals surface area contributed by atoms with Crippen molar-refractivity contribution in [2.24, 2.45) is 0 Å². The van der Waals surface area contributed by atoms with Crippen LogP contribution in [-0.2, 0) is 0 Å². The van der Waals surface area contributed by atoms with Crippen molar-refractivity contribution < 1.29 is 4.74 Å². The molecule has 116 valence electrons. The lowest BCUT2D eigenvalue weighted by molar-refractivity contribution is 0.414. The minimum absolute atomic E-state index is 0.253. The molecule has 0 bridgehead atoms. The van der Waals surface area contributed by atoms with Gasteiger partial charge in [-0.1, -0.05) is 6.07 Å². The Morgan fingerprint density at radius 2 is 2.04 bits per heavy atom. The lowest BCUT2D eigenvalue weighted by Crippen LogP contribution is -2.31. The van der Waals surface area contributed by atoms with E-state index in [1.165, 1.54) is 0 Å². The molecule has 1 aromatic carbocycles. The fraction of sp³-hybridized carbons (Fsp3) is 0.125. The first-order chi connectivity index (χ1) is 11.2. The molecule has 3 N–H and O–H groups in total. The van der Waals surface area contributed by atoms with Gasteiger partial charge in [0.25, 0.3) is 5.56 Å². The van der Waals surface area contributed by atoms with E-state index >= 15 is 0 Å². The number of rotatable bonds is 2. The summed E-state index contributed by atoms with van der Waals surface area (Å²) in [6, 6.07) is 9.57. The summed E-state index contributed by atoms with van der Waals surface area (Å²) >= 11 is 1.57. The number of methoxy groups -OCH3 is 1. The van der Waals surface area contributed by atoms with Crippen LogP contribution >= 0.6 is 11.3 Å². The monoisotopic (exact) mass is 327 g/mol. The number of fused-ring (bicyclic) bond motifs is 2. The molecule has 1 aliphatic rings. The second-order valence-electron chi connectivity index (χ2n) is 5.22. The van der Waals surface area contributed by atoms with E-state index in [-0.39, 0.29) is 11.5 Å². The minimum atomic E-state index is -0.525. The Balaban J connectivity index is 2.03. The number of thiophene rings is 1. The van der Waals surface area contributed by atoms with Gasteiger partial charge in [0.2, 0.25) is 0 Å². The number of aromatic amines is 2. The molecule has 3 heterocycles. The first-order valence-electron chi connectivity index (χ1n) is 7.02. The third-order valence-electron chi connectivity index (χ3n) is 3.93. The van der Waals surface area contributed by atoms with Gasteiger partial charge in [-0.2, -0.15) is 0 Å². The lowest BCUT2D eigenvalue weighted by Gasteiger charge is -2.27. The van der Waals surface area contributed by atoms with Gasteiger partial charge in [-0.15, -0.1) is 11.3 Å². The molecule has 0 fully saturated rings. The van der Waals surface area contributed by atoms with Crippen LogP contribution in [0, 0.1) is 0 Å². The van der Waals surface area contributed by atoms with E-state index in [1.807, 2.05) is 35.7 Å². The zero-order valence-corrected chi connectivity index (χ0v) is 13.0. The number of aromatic nitrogens is 2. The Bertz CT molecular complexity index is 989. The van der Waals surface area contributed by atoms with Crippen molar-refractivity contribution in [1.29, 1.82) is 0 Å². The predicted octanol–water partition coefficient (Wildman–Crippen LogP) is 2.37. The molecule has 0 amide bonds. The SMILES string of the molecule is COc1ccc2c(c1)C(c1cccs1)c1c([nH]c(=O)[nH]c1=O)N2. The minimum Gasteiger partial charge on any atom is -0.497 e. The summed E-state index contributed by atoms with van der Waals surface area (Å²) in [5.41, 5.74) is 1.38. The van der Waals surface area contributed by atoms with Crippen molar-refractivity contribution in [3.05, 3.63) is 72.6 Å². The highest BCUT2D eigenvalue weighted by Gasteiger charge is 2.31. The normalized spacial score (nSPS) is 15.4. The maximum absolute atomic E-state index is 12.4. The molecule has 1 unspecified atom stereocenters. The number of nitrogens with one attached hydrogen (secondary N) is 3. The van der Waals surface area contributed by atoms with E-state index < -0.39 is 5.69 Å². The highest BCUT2D eigenvalue weighted by atomic mass is 32.1. The van der Waals surface area contributed by atoms with Crippen LogP contribution in [0.25, 0.3) is 0 Å². The first kappa shape index (κ1) is 13.8. The largest absolute Gasteiger partial charge is 0.497 e. The zero-order chi connectivity index (χ0) is 16.0. The molecular formula is C16H13N3O3S. The summed E-state index contributed by atoms with van der Waals surface area (Å²) < 4.78 is 5.32. The van der Waals surface area contributed by atoms with Crippen LogP contribution in [-0.4, -0.2) is 17.1 Å². The van der Waals surface area contributed by atoms with E-state index in [2.05, 4.69) is 15.3 Å². The number of H-pyrrole nitrogens is 2. The summed E-state index contributed by atoms with van der Waals surface area (Å²) in [6.07, 6.45) is 0. The van der Waals surface area contributed by atoms with Gasteiger partial charge in [-0.25, -0.2) is 4.79 Å². The summed E-state index contributed by atoms with van der Waals surface area (Å²) in [4.78, 5) is 30.0. The van der Waals surface area contributed by atoms with Crippen LogP contribution in [0.5, 0.6) is 5.75 Å². The van der Waals surface area contributed by atoms with Crippen molar-refractivity contribution >= 4 is 22.8 Å². The maximum atomic E-state index is 12.4. The van der Waals surface area contributed by atoms with Crippen molar-refractivity contribution in [2.75, 3.05) is 12.4 Å². The summed E-state index contributed by atoms with van der Waals surface area (Å²) in [7, 11) is 1.61. The Hall–Kier alpha value is -2.80. The smallest absolute Gasteiger partial charge is 0.327 e. The van der Waals surface area contributed by atoms with Gasteiger partial charge in [0.15, 0.2) is 0 Å². The molecule has 23 heavy (non-hydrogen) atoms. The fourth-order valence-corrected chi connectivity index (χ4v) is 3.78. The lowest BCUT2D eigenvalue weighted by atomic mass is 9.86. The van der Waals surface area contributed by atoms with Gasteiger partial charge in [0.05, 0.1) is 18.6 Å². The van der Waals surface area contributed by atoms with Crippen molar-refractivity contribution in [1.82, 2.24) is 9.97 Å². The van der Waals surface area contributed by atoms with E-state index in [0.29, 0.717) is 11.4 Å². The molecule has 7 heteroatoms. The van der Waals surface area contributed by atoms with E-state index in [9.17, 15) is 9.59 Å². The van der Waals surface area contributed by atoms with E-state index in [1.54, 1.807) is 18.4 Å². The zero-order valence-electron chi connectivity index (χ0n) is 12.2. The number of benzene rings is 1. The molecule has 0 saturated carbocycles. The van der Waals surface area contributed by atoms with Crippen LogP contribution < -0.4 is 21.3 Å². The molecule has 0 radical (unpaired) electrons. The van der Waals surface area contributed by atoms with E-state index in [0.717, 1.165) is 21.9 Å².